The molecule has 0 radical (unpaired) electrons. The molecule has 1 fully saturated rings. The molecule has 2 rings (SSSR count). The van der Waals surface area contributed by atoms with Gasteiger partial charge in [-0.05, 0) is 17.9 Å². The van der Waals surface area contributed by atoms with Crippen LogP contribution in [0.3, 0.4) is 0 Å². The molecule has 1 amide bonds. The quantitative estimate of drug-likeness (QED) is 0.777. The van der Waals surface area contributed by atoms with Gasteiger partial charge in [0.05, 0.1) is 0 Å². The lowest BCUT2D eigenvalue weighted by molar-refractivity contribution is -0.122. The van der Waals surface area contributed by atoms with Crippen LogP contribution in [0.5, 0.6) is 0 Å². The van der Waals surface area contributed by atoms with Crippen molar-refractivity contribution in [2.75, 3.05) is 0 Å². The molecule has 0 spiro atoms. The predicted molar refractivity (Wildman–Crippen MR) is 59.1 cm³/mol. The number of nitrogens with one attached hydrogen (secondary N) is 1. The minimum absolute atomic E-state index is 0.0736. The number of nitrogens with two attached hydrogens (primary N) is 1. The van der Waals surface area contributed by atoms with Crippen molar-refractivity contribution in [3.8, 4) is 0 Å². The van der Waals surface area contributed by atoms with E-state index in [0.29, 0.717) is 12.0 Å². The summed E-state index contributed by atoms with van der Waals surface area (Å²) in [7, 11) is 0. The molecule has 1 aromatic rings. The molecule has 0 bridgehead atoms. The molecule has 80 valence electrons. The molecule has 0 heterocycles. The number of benzene rings is 1. The van der Waals surface area contributed by atoms with E-state index in [4.69, 9.17) is 5.73 Å². The lowest BCUT2D eigenvalue weighted by atomic mass is 10.1. The highest BCUT2D eigenvalue weighted by molar-refractivity contribution is 5.83. The third kappa shape index (κ3) is 2.36. The Morgan fingerprint density at radius 1 is 1.47 bits per heavy atom. The van der Waals surface area contributed by atoms with Crippen LogP contribution in [0.1, 0.15) is 24.9 Å². The molecule has 2 unspecified atom stereocenters. The van der Waals surface area contributed by atoms with Crippen molar-refractivity contribution in [1.29, 1.82) is 0 Å². The molecule has 3 heteroatoms. The second-order valence-electron chi connectivity index (χ2n) is 4.22. The first-order chi connectivity index (χ1) is 7.18. The van der Waals surface area contributed by atoms with E-state index < -0.39 is 6.04 Å². The average molecular weight is 204 g/mol. The van der Waals surface area contributed by atoms with Gasteiger partial charge in [0, 0.05) is 6.04 Å². The molecular formula is C12H16N2O. The second-order valence-corrected chi connectivity index (χ2v) is 4.22. The smallest absolute Gasteiger partial charge is 0.241 e. The van der Waals surface area contributed by atoms with Gasteiger partial charge in [0.1, 0.15) is 6.04 Å². The summed E-state index contributed by atoms with van der Waals surface area (Å²) in [6.07, 6.45) is 1.08. The summed E-state index contributed by atoms with van der Waals surface area (Å²) in [6, 6.07) is 9.24. The van der Waals surface area contributed by atoms with Gasteiger partial charge in [0.15, 0.2) is 0 Å². The van der Waals surface area contributed by atoms with Crippen molar-refractivity contribution < 1.29 is 4.79 Å². The fraction of sp³-hybridized carbons (Fsp3) is 0.417. The Morgan fingerprint density at radius 2 is 2.07 bits per heavy atom. The molecule has 0 saturated heterocycles. The maximum absolute atomic E-state index is 11.7. The molecule has 3 N–H and O–H groups in total. The Hall–Kier alpha value is -1.35. The SMILES string of the molecule is CC1CC1NC(=O)[C@H](N)c1ccccc1. The van der Waals surface area contributed by atoms with Crippen molar-refractivity contribution >= 4 is 5.91 Å². The number of carbonyl (C=O) groups excluding carboxylic acids is 1. The summed E-state index contributed by atoms with van der Waals surface area (Å²) in [5.74, 6) is 0.535. The molecule has 0 aliphatic heterocycles. The fourth-order valence-corrected chi connectivity index (χ4v) is 1.61. The van der Waals surface area contributed by atoms with Crippen LogP contribution in [-0.4, -0.2) is 11.9 Å². The molecule has 0 aromatic heterocycles. The maximum Gasteiger partial charge on any atom is 0.241 e. The summed E-state index contributed by atoms with van der Waals surface area (Å²) in [5, 5.41) is 2.94. The molecule has 1 aliphatic carbocycles. The van der Waals surface area contributed by atoms with Gasteiger partial charge in [-0.3, -0.25) is 4.79 Å². The van der Waals surface area contributed by atoms with E-state index in [1.54, 1.807) is 0 Å². The lowest BCUT2D eigenvalue weighted by Crippen LogP contribution is -2.35. The number of hydrogen-bond acceptors (Lipinski definition) is 2. The van der Waals surface area contributed by atoms with Gasteiger partial charge >= 0.3 is 0 Å². The summed E-state index contributed by atoms with van der Waals surface area (Å²) < 4.78 is 0. The van der Waals surface area contributed by atoms with Crippen LogP contribution in [0.2, 0.25) is 0 Å². The summed E-state index contributed by atoms with van der Waals surface area (Å²) in [5.41, 5.74) is 6.71. The Morgan fingerprint density at radius 3 is 2.60 bits per heavy atom. The number of amides is 1. The maximum atomic E-state index is 11.7. The summed E-state index contributed by atoms with van der Waals surface area (Å²) in [6.45, 7) is 2.12. The average Bonchev–Trinajstić information content (AvgIpc) is 2.94. The second kappa shape index (κ2) is 4.03. The van der Waals surface area contributed by atoms with E-state index in [0.717, 1.165) is 12.0 Å². The van der Waals surface area contributed by atoms with Crippen LogP contribution in [0, 0.1) is 5.92 Å². The number of hydrogen-bond donors (Lipinski definition) is 2. The normalized spacial score (nSPS) is 25.7. The third-order valence-electron chi connectivity index (χ3n) is 2.88. The highest BCUT2D eigenvalue weighted by atomic mass is 16.2. The van der Waals surface area contributed by atoms with Gasteiger partial charge in [-0.2, -0.15) is 0 Å². The highest BCUT2D eigenvalue weighted by Crippen LogP contribution is 2.29. The zero-order valence-electron chi connectivity index (χ0n) is 8.81. The van der Waals surface area contributed by atoms with Crippen molar-refractivity contribution in [2.45, 2.75) is 25.4 Å². The van der Waals surface area contributed by atoms with E-state index in [-0.39, 0.29) is 5.91 Å². The Kier molecular flexibility index (Phi) is 2.73. The predicted octanol–water partition coefficient (Wildman–Crippen LogP) is 1.21. The minimum Gasteiger partial charge on any atom is -0.351 e. The van der Waals surface area contributed by atoms with Crippen LogP contribution in [0.4, 0.5) is 0 Å². The molecule has 1 saturated carbocycles. The molecule has 1 aromatic carbocycles. The van der Waals surface area contributed by atoms with Gasteiger partial charge in [0.25, 0.3) is 0 Å². The van der Waals surface area contributed by atoms with Gasteiger partial charge in [-0.25, -0.2) is 0 Å². The topological polar surface area (TPSA) is 55.1 Å². The van der Waals surface area contributed by atoms with Crippen LogP contribution in [-0.2, 0) is 4.79 Å². The van der Waals surface area contributed by atoms with Crippen molar-refractivity contribution in [1.82, 2.24) is 5.32 Å². The minimum atomic E-state index is -0.543. The van der Waals surface area contributed by atoms with E-state index in [1.807, 2.05) is 30.3 Å². The zero-order valence-corrected chi connectivity index (χ0v) is 8.81. The summed E-state index contributed by atoms with van der Waals surface area (Å²) in [4.78, 5) is 11.7. The van der Waals surface area contributed by atoms with E-state index >= 15 is 0 Å². The summed E-state index contributed by atoms with van der Waals surface area (Å²) >= 11 is 0. The highest BCUT2D eigenvalue weighted by Gasteiger charge is 2.34. The van der Waals surface area contributed by atoms with E-state index in [2.05, 4.69) is 12.2 Å². The molecular weight excluding hydrogens is 188 g/mol. The van der Waals surface area contributed by atoms with Gasteiger partial charge in [0.2, 0.25) is 5.91 Å². The van der Waals surface area contributed by atoms with Crippen molar-refractivity contribution in [3.63, 3.8) is 0 Å². The first-order valence-corrected chi connectivity index (χ1v) is 5.29. The Labute approximate surface area is 89.7 Å². The van der Waals surface area contributed by atoms with Gasteiger partial charge in [-0.1, -0.05) is 37.3 Å². The zero-order chi connectivity index (χ0) is 10.8. The van der Waals surface area contributed by atoms with E-state index in [1.165, 1.54) is 0 Å². The van der Waals surface area contributed by atoms with Gasteiger partial charge in [-0.15, -0.1) is 0 Å². The standard InChI is InChI=1S/C12H16N2O/c1-8-7-10(8)14-12(15)11(13)9-5-3-2-4-6-9/h2-6,8,10-11H,7,13H2,1H3,(H,14,15)/t8?,10?,11-/m1/s1. The molecule has 3 nitrogen and oxygen atoms in total. The van der Waals surface area contributed by atoms with Crippen LogP contribution in [0.15, 0.2) is 30.3 Å². The third-order valence-corrected chi connectivity index (χ3v) is 2.88. The molecule has 15 heavy (non-hydrogen) atoms. The van der Waals surface area contributed by atoms with Crippen LogP contribution in [0.25, 0.3) is 0 Å². The van der Waals surface area contributed by atoms with Crippen molar-refractivity contribution in [2.24, 2.45) is 11.7 Å². The van der Waals surface area contributed by atoms with Crippen LogP contribution >= 0.6 is 0 Å². The molecule has 3 atom stereocenters. The Bertz CT molecular complexity index is 350. The first-order valence-electron chi connectivity index (χ1n) is 5.29. The van der Waals surface area contributed by atoms with Crippen LogP contribution < -0.4 is 11.1 Å². The fourth-order valence-electron chi connectivity index (χ4n) is 1.61. The first kappa shape index (κ1) is 10.2. The molecule has 1 aliphatic rings. The van der Waals surface area contributed by atoms with E-state index in [9.17, 15) is 4.79 Å². The largest absolute Gasteiger partial charge is 0.351 e. The van der Waals surface area contributed by atoms with Crippen molar-refractivity contribution in [3.05, 3.63) is 35.9 Å². The number of carbonyl (C=O) groups is 1. The van der Waals surface area contributed by atoms with Gasteiger partial charge < -0.3 is 11.1 Å². The number of rotatable bonds is 3. The lowest BCUT2D eigenvalue weighted by Gasteiger charge is -2.11. The monoisotopic (exact) mass is 204 g/mol. The Balaban J connectivity index is 1.95.